The number of likely N-dealkylation sites (tertiary alicyclic amines) is 1. The second-order valence-electron chi connectivity index (χ2n) is 6.20. The molecule has 0 unspecified atom stereocenters. The number of ether oxygens (including phenoxy) is 2. The molecule has 22 heavy (non-hydrogen) atoms. The molecule has 1 aliphatic heterocycles. The van der Waals surface area contributed by atoms with Gasteiger partial charge in [-0.15, -0.1) is 0 Å². The molecule has 0 aliphatic carbocycles. The normalized spacial score (nSPS) is 22.5. The van der Waals surface area contributed by atoms with Crippen LogP contribution in [0.2, 0.25) is 0 Å². The van der Waals surface area contributed by atoms with Crippen molar-refractivity contribution in [2.45, 2.75) is 31.7 Å². The third-order valence-corrected chi connectivity index (χ3v) is 4.48. The van der Waals surface area contributed by atoms with Crippen molar-refractivity contribution in [3.05, 3.63) is 29.3 Å². The van der Waals surface area contributed by atoms with Gasteiger partial charge in [-0.3, -0.25) is 4.90 Å². The van der Waals surface area contributed by atoms with Gasteiger partial charge in [-0.2, -0.15) is 0 Å². The highest BCUT2D eigenvalue weighted by Gasteiger charge is 2.32. The lowest BCUT2D eigenvalue weighted by Crippen LogP contribution is -2.33. The predicted octanol–water partition coefficient (Wildman–Crippen LogP) is 1.34. The topological polar surface area (TPSA) is 45.2 Å². The predicted molar refractivity (Wildman–Crippen MR) is 87.1 cm³/mol. The first kappa shape index (κ1) is 17.2. The van der Waals surface area contributed by atoms with E-state index in [1.807, 2.05) is 6.07 Å². The summed E-state index contributed by atoms with van der Waals surface area (Å²) in [5.41, 5.74) is 2.29. The molecule has 1 heterocycles. The van der Waals surface area contributed by atoms with Crippen LogP contribution in [-0.2, 0) is 17.9 Å². The molecule has 2 rings (SSSR count). The summed E-state index contributed by atoms with van der Waals surface area (Å²) >= 11 is 0. The second-order valence-corrected chi connectivity index (χ2v) is 6.20. The van der Waals surface area contributed by atoms with Crippen molar-refractivity contribution < 1.29 is 14.6 Å². The maximum absolute atomic E-state index is 9.63. The number of rotatable bonds is 7. The minimum atomic E-state index is 0.214. The second kappa shape index (κ2) is 7.92. The van der Waals surface area contributed by atoms with Crippen molar-refractivity contribution in [3.8, 4) is 5.75 Å². The Kier molecular flexibility index (Phi) is 6.20. The molecule has 5 nitrogen and oxygen atoms in total. The van der Waals surface area contributed by atoms with E-state index in [2.05, 4.69) is 36.0 Å². The summed E-state index contributed by atoms with van der Waals surface area (Å²) in [4.78, 5) is 4.61. The molecule has 0 aromatic heterocycles. The number of methoxy groups -OCH3 is 2. The van der Waals surface area contributed by atoms with Gasteiger partial charge in [0, 0.05) is 37.8 Å². The summed E-state index contributed by atoms with van der Waals surface area (Å²) in [6, 6.07) is 6.97. The van der Waals surface area contributed by atoms with Crippen LogP contribution in [-0.4, -0.2) is 68.5 Å². The molecule has 124 valence electrons. The highest BCUT2D eigenvalue weighted by atomic mass is 16.5. The number of hydrogen-bond acceptors (Lipinski definition) is 5. The van der Waals surface area contributed by atoms with E-state index in [0.717, 1.165) is 30.8 Å². The largest absolute Gasteiger partial charge is 0.496 e. The monoisotopic (exact) mass is 308 g/mol. The molecule has 1 N–H and O–H groups in total. The third-order valence-electron chi connectivity index (χ3n) is 4.48. The number of aliphatic hydroxyl groups excluding tert-OH is 1. The van der Waals surface area contributed by atoms with Crippen LogP contribution in [0.3, 0.4) is 0 Å². The van der Waals surface area contributed by atoms with Crippen molar-refractivity contribution in [2.24, 2.45) is 0 Å². The van der Waals surface area contributed by atoms with Gasteiger partial charge >= 0.3 is 0 Å². The molecule has 0 radical (unpaired) electrons. The summed E-state index contributed by atoms with van der Waals surface area (Å²) < 4.78 is 10.6. The summed E-state index contributed by atoms with van der Waals surface area (Å²) in [6.45, 7) is 2.59. The van der Waals surface area contributed by atoms with Gasteiger partial charge in [0.15, 0.2) is 0 Å². The molecule has 1 aromatic carbocycles. The summed E-state index contributed by atoms with van der Waals surface area (Å²) in [7, 11) is 7.58. The average molecular weight is 308 g/mol. The zero-order chi connectivity index (χ0) is 16.1. The highest BCUT2D eigenvalue weighted by molar-refractivity contribution is 5.37. The van der Waals surface area contributed by atoms with Crippen LogP contribution in [0.1, 0.15) is 17.5 Å². The fourth-order valence-corrected chi connectivity index (χ4v) is 3.15. The SMILES string of the molecule is COCc1cc(CN2C[C@H](N(C)C)C[C@H]2CO)ccc1OC. The zero-order valence-corrected chi connectivity index (χ0v) is 14.1. The van der Waals surface area contributed by atoms with E-state index >= 15 is 0 Å². The number of aliphatic hydroxyl groups is 1. The Balaban J connectivity index is 2.10. The summed E-state index contributed by atoms with van der Waals surface area (Å²) in [5.74, 6) is 0.858. The van der Waals surface area contributed by atoms with Gasteiger partial charge in [0.05, 0.1) is 20.3 Å². The van der Waals surface area contributed by atoms with Crippen molar-refractivity contribution in [3.63, 3.8) is 0 Å². The molecule has 1 aromatic rings. The van der Waals surface area contributed by atoms with E-state index in [9.17, 15) is 5.11 Å². The van der Waals surface area contributed by atoms with E-state index in [4.69, 9.17) is 9.47 Å². The molecule has 0 spiro atoms. The van der Waals surface area contributed by atoms with E-state index in [-0.39, 0.29) is 12.6 Å². The average Bonchev–Trinajstić information content (AvgIpc) is 2.91. The highest BCUT2D eigenvalue weighted by Crippen LogP contribution is 2.25. The van der Waals surface area contributed by atoms with E-state index < -0.39 is 0 Å². The van der Waals surface area contributed by atoms with Crippen molar-refractivity contribution in [1.82, 2.24) is 9.80 Å². The summed E-state index contributed by atoms with van der Waals surface area (Å²) in [6.07, 6.45) is 1.02. The molecular weight excluding hydrogens is 280 g/mol. The smallest absolute Gasteiger partial charge is 0.124 e. The quantitative estimate of drug-likeness (QED) is 0.823. The van der Waals surface area contributed by atoms with Gasteiger partial charge in [-0.05, 0) is 38.2 Å². The molecule has 2 atom stereocenters. The number of nitrogens with zero attached hydrogens (tertiary/aromatic N) is 2. The Morgan fingerprint density at radius 3 is 2.68 bits per heavy atom. The molecule has 1 aliphatic rings. The van der Waals surface area contributed by atoms with Gasteiger partial charge in [0.25, 0.3) is 0 Å². The molecule has 5 heteroatoms. The zero-order valence-electron chi connectivity index (χ0n) is 14.1. The van der Waals surface area contributed by atoms with Crippen LogP contribution in [0.15, 0.2) is 18.2 Å². The molecular formula is C17H28N2O3. The summed E-state index contributed by atoms with van der Waals surface area (Å²) in [5, 5.41) is 9.63. The Morgan fingerprint density at radius 1 is 1.32 bits per heavy atom. The van der Waals surface area contributed by atoms with E-state index in [1.54, 1.807) is 14.2 Å². The first-order valence-corrected chi connectivity index (χ1v) is 7.75. The third kappa shape index (κ3) is 3.98. The van der Waals surface area contributed by atoms with Gasteiger partial charge in [0.2, 0.25) is 0 Å². The van der Waals surface area contributed by atoms with Crippen LogP contribution >= 0.6 is 0 Å². The molecule has 0 bridgehead atoms. The maximum atomic E-state index is 9.63. The van der Waals surface area contributed by atoms with Crippen LogP contribution in [0.4, 0.5) is 0 Å². The first-order valence-electron chi connectivity index (χ1n) is 7.75. The Hall–Kier alpha value is -1.14. The Labute approximate surface area is 133 Å². The van der Waals surface area contributed by atoms with E-state index in [1.165, 1.54) is 5.56 Å². The Bertz CT molecular complexity index is 479. The minimum Gasteiger partial charge on any atom is -0.496 e. The fraction of sp³-hybridized carbons (Fsp3) is 0.647. The maximum Gasteiger partial charge on any atom is 0.124 e. The molecule has 0 amide bonds. The molecule has 1 fully saturated rings. The molecule has 1 saturated heterocycles. The standard InChI is InChI=1S/C17H28N2O3/c1-18(2)15-8-16(11-20)19(10-15)9-13-5-6-17(22-4)14(7-13)12-21-3/h5-7,15-16,20H,8-12H2,1-4H3/t15-,16+/m1/s1. The van der Waals surface area contributed by atoms with Gasteiger partial charge in [-0.1, -0.05) is 6.07 Å². The number of likely N-dealkylation sites (N-methyl/N-ethyl adjacent to an activating group) is 1. The lowest BCUT2D eigenvalue weighted by atomic mass is 10.1. The van der Waals surface area contributed by atoms with Crippen molar-refractivity contribution in [2.75, 3.05) is 41.5 Å². The van der Waals surface area contributed by atoms with Gasteiger partial charge in [0.1, 0.15) is 5.75 Å². The lowest BCUT2D eigenvalue weighted by molar-refractivity contribution is 0.152. The van der Waals surface area contributed by atoms with Crippen LogP contribution in [0, 0.1) is 0 Å². The minimum absolute atomic E-state index is 0.214. The van der Waals surface area contributed by atoms with E-state index in [0.29, 0.717) is 12.6 Å². The van der Waals surface area contributed by atoms with Gasteiger partial charge in [-0.25, -0.2) is 0 Å². The number of hydrogen-bond donors (Lipinski definition) is 1. The van der Waals surface area contributed by atoms with Crippen LogP contribution in [0.5, 0.6) is 5.75 Å². The number of benzene rings is 1. The van der Waals surface area contributed by atoms with Crippen LogP contribution in [0.25, 0.3) is 0 Å². The fourth-order valence-electron chi connectivity index (χ4n) is 3.15. The first-order chi connectivity index (χ1) is 10.6. The lowest BCUT2D eigenvalue weighted by Gasteiger charge is -2.23. The van der Waals surface area contributed by atoms with Crippen molar-refractivity contribution in [1.29, 1.82) is 0 Å². The van der Waals surface area contributed by atoms with Crippen molar-refractivity contribution >= 4 is 0 Å². The molecule has 0 saturated carbocycles. The Morgan fingerprint density at radius 2 is 2.09 bits per heavy atom. The van der Waals surface area contributed by atoms with Crippen LogP contribution < -0.4 is 4.74 Å². The van der Waals surface area contributed by atoms with Gasteiger partial charge < -0.3 is 19.5 Å².